The van der Waals surface area contributed by atoms with Crippen LogP contribution in [0.4, 0.5) is 0 Å². The first-order valence-corrected chi connectivity index (χ1v) is 6.19. The highest BCUT2D eigenvalue weighted by molar-refractivity contribution is 5.76. The fourth-order valence-electron chi connectivity index (χ4n) is 2.05. The summed E-state index contributed by atoms with van der Waals surface area (Å²) in [5.74, 6) is 0.163. The lowest BCUT2D eigenvalue weighted by molar-refractivity contribution is -0.121. The summed E-state index contributed by atoms with van der Waals surface area (Å²) in [6.45, 7) is 2.60. The largest absolute Gasteiger partial charge is 0.356 e. The standard InChI is InChI=1S/C11H19N5O/c17-11-9-10(3-1-4-13-11)12-5-2-7-16-8-6-14-15-16/h6,8,10,12H,1-5,7,9H2,(H,13,17). The average Bonchev–Trinajstić information content (AvgIpc) is 2.74. The zero-order valence-electron chi connectivity index (χ0n) is 9.93. The van der Waals surface area contributed by atoms with Gasteiger partial charge in [0, 0.05) is 31.7 Å². The van der Waals surface area contributed by atoms with E-state index in [4.69, 9.17) is 0 Å². The van der Waals surface area contributed by atoms with Crippen molar-refractivity contribution in [3.63, 3.8) is 0 Å². The number of rotatable bonds is 5. The second kappa shape index (κ2) is 6.34. The maximum absolute atomic E-state index is 11.3. The Labute approximate surface area is 101 Å². The number of carbonyl (C=O) groups excluding carboxylic acids is 1. The monoisotopic (exact) mass is 237 g/mol. The molecule has 1 aromatic heterocycles. The minimum absolute atomic E-state index is 0.163. The van der Waals surface area contributed by atoms with E-state index in [-0.39, 0.29) is 5.91 Å². The third-order valence-electron chi connectivity index (χ3n) is 2.95. The molecule has 0 saturated carbocycles. The number of aryl methyl sites for hydroxylation is 1. The first-order valence-electron chi connectivity index (χ1n) is 6.19. The van der Waals surface area contributed by atoms with Gasteiger partial charge in [-0.25, -0.2) is 0 Å². The second-order valence-electron chi connectivity index (χ2n) is 4.37. The van der Waals surface area contributed by atoms with Crippen LogP contribution >= 0.6 is 0 Å². The Balaban J connectivity index is 1.62. The van der Waals surface area contributed by atoms with Crippen LogP contribution in [0.3, 0.4) is 0 Å². The molecule has 0 spiro atoms. The fourth-order valence-corrected chi connectivity index (χ4v) is 2.05. The van der Waals surface area contributed by atoms with E-state index in [2.05, 4.69) is 20.9 Å². The Morgan fingerprint density at radius 3 is 3.35 bits per heavy atom. The van der Waals surface area contributed by atoms with Crippen LogP contribution < -0.4 is 10.6 Å². The maximum atomic E-state index is 11.3. The van der Waals surface area contributed by atoms with Crippen molar-refractivity contribution in [2.75, 3.05) is 13.1 Å². The lowest BCUT2D eigenvalue weighted by Crippen LogP contribution is -2.33. The lowest BCUT2D eigenvalue weighted by Gasteiger charge is -2.14. The van der Waals surface area contributed by atoms with Crippen molar-refractivity contribution in [2.45, 2.75) is 38.3 Å². The van der Waals surface area contributed by atoms with Crippen LogP contribution in [0.1, 0.15) is 25.7 Å². The molecular formula is C11H19N5O. The number of hydrogen-bond donors (Lipinski definition) is 2. The molecule has 0 bridgehead atoms. The summed E-state index contributed by atoms with van der Waals surface area (Å²) in [6, 6.07) is 0.327. The molecule has 1 saturated heterocycles. The summed E-state index contributed by atoms with van der Waals surface area (Å²) in [7, 11) is 0. The number of hydrogen-bond acceptors (Lipinski definition) is 4. The molecule has 2 heterocycles. The lowest BCUT2D eigenvalue weighted by atomic mass is 10.1. The fraction of sp³-hybridized carbons (Fsp3) is 0.727. The second-order valence-corrected chi connectivity index (χ2v) is 4.37. The molecule has 1 atom stereocenters. The Kier molecular flexibility index (Phi) is 4.49. The molecule has 2 rings (SSSR count). The van der Waals surface area contributed by atoms with E-state index in [1.165, 1.54) is 0 Å². The van der Waals surface area contributed by atoms with Gasteiger partial charge in [0.05, 0.1) is 6.20 Å². The van der Waals surface area contributed by atoms with Gasteiger partial charge in [0.2, 0.25) is 5.91 Å². The van der Waals surface area contributed by atoms with Crippen LogP contribution in [0.5, 0.6) is 0 Å². The summed E-state index contributed by atoms with van der Waals surface area (Å²) in [5.41, 5.74) is 0. The predicted molar refractivity (Wildman–Crippen MR) is 63.3 cm³/mol. The van der Waals surface area contributed by atoms with E-state index in [0.29, 0.717) is 12.5 Å². The molecule has 94 valence electrons. The highest BCUT2D eigenvalue weighted by Gasteiger charge is 2.16. The number of nitrogens with zero attached hydrogens (tertiary/aromatic N) is 3. The normalized spacial score (nSPS) is 20.9. The molecule has 1 aliphatic rings. The van der Waals surface area contributed by atoms with E-state index in [9.17, 15) is 4.79 Å². The molecule has 1 unspecified atom stereocenters. The Morgan fingerprint density at radius 2 is 2.53 bits per heavy atom. The van der Waals surface area contributed by atoms with E-state index in [1.54, 1.807) is 6.20 Å². The average molecular weight is 237 g/mol. The van der Waals surface area contributed by atoms with Crippen molar-refractivity contribution < 1.29 is 4.79 Å². The number of nitrogens with one attached hydrogen (secondary N) is 2. The number of aromatic nitrogens is 3. The first-order chi connectivity index (χ1) is 8.34. The molecule has 1 amide bonds. The van der Waals surface area contributed by atoms with Gasteiger partial charge in [-0.05, 0) is 25.8 Å². The minimum Gasteiger partial charge on any atom is -0.356 e. The van der Waals surface area contributed by atoms with Crippen LogP contribution in [0, 0.1) is 0 Å². The molecular weight excluding hydrogens is 218 g/mol. The van der Waals surface area contributed by atoms with Crippen LogP contribution in [0.2, 0.25) is 0 Å². The highest BCUT2D eigenvalue weighted by Crippen LogP contribution is 2.05. The topological polar surface area (TPSA) is 71.8 Å². The first kappa shape index (κ1) is 12.0. The number of amides is 1. The maximum Gasteiger partial charge on any atom is 0.221 e. The molecule has 0 radical (unpaired) electrons. The molecule has 1 aromatic rings. The van der Waals surface area contributed by atoms with Crippen molar-refractivity contribution in [3.05, 3.63) is 12.4 Å². The van der Waals surface area contributed by atoms with Gasteiger partial charge in [-0.3, -0.25) is 9.48 Å². The Hall–Kier alpha value is -1.43. The van der Waals surface area contributed by atoms with E-state index in [0.717, 1.165) is 38.9 Å². The van der Waals surface area contributed by atoms with Crippen LogP contribution in [-0.2, 0) is 11.3 Å². The van der Waals surface area contributed by atoms with Crippen molar-refractivity contribution in [1.29, 1.82) is 0 Å². The van der Waals surface area contributed by atoms with Crippen LogP contribution in [0.25, 0.3) is 0 Å². The van der Waals surface area contributed by atoms with Crippen molar-refractivity contribution in [3.8, 4) is 0 Å². The summed E-state index contributed by atoms with van der Waals surface area (Å²) in [6.07, 6.45) is 7.28. The van der Waals surface area contributed by atoms with Gasteiger partial charge in [-0.2, -0.15) is 0 Å². The molecule has 0 aromatic carbocycles. The zero-order valence-corrected chi connectivity index (χ0v) is 9.93. The summed E-state index contributed by atoms with van der Waals surface area (Å²) >= 11 is 0. The summed E-state index contributed by atoms with van der Waals surface area (Å²) in [5, 5.41) is 14.0. The quantitative estimate of drug-likeness (QED) is 0.703. The van der Waals surface area contributed by atoms with Gasteiger partial charge in [0.1, 0.15) is 0 Å². The van der Waals surface area contributed by atoms with Gasteiger partial charge < -0.3 is 10.6 Å². The van der Waals surface area contributed by atoms with Gasteiger partial charge in [-0.1, -0.05) is 5.21 Å². The third-order valence-corrected chi connectivity index (χ3v) is 2.95. The zero-order chi connectivity index (χ0) is 11.9. The minimum atomic E-state index is 0.163. The Morgan fingerprint density at radius 1 is 1.59 bits per heavy atom. The molecule has 17 heavy (non-hydrogen) atoms. The summed E-state index contributed by atoms with van der Waals surface area (Å²) < 4.78 is 1.82. The van der Waals surface area contributed by atoms with Crippen molar-refractivity contribution in [2.24, 2.45) is 0 Å². The van der Waals surface area contributed by atoms with E-state index >= 15 is 0 Å². The van der Waals surface area contributed by atoms with Gasteiger partial charge >= 0.3 is 0 Å². The smallest absolute Gasteiger partial charge is 0.221 e. The van der Waals surface area contributed by atoms with Crippen molar-refractivity contribution >= 4 is 5.91 Å². The highest BCUT2D eigenvalue weighted by atomic mass is 16.1. The molecule has 6 heteroatoms. The summed E-state index contributed by atoms with van der Waals surface area (Å²) in [4.78, 5) is 11.3. The van der Waals surface area contributed by atoms with E-state index in [1.807, 2.05) is 10.9 Å². The van der Waals surface area contributed by atoms with Crippen molar-refractivity contribution in [1.82, 2.24) is 25.6 Å². The molecule has 1 aliphatic heterocycles. The third kappa shape index (κ3) is 4.14. The van der Waals surface area contributed by atoms with Gasteiger partial charge in [-0.15, -0.1) is 5.10 Å². The van der Waals surface area contributed by atoms with Crippen LogP contribution in [0.15, 0.2) is 12.4 Å². The van der Waals surface area contributed by atoms with Gasteiger partial charge in [0.15, 0.2) is 0 Å². The molecule has 6 nitrogen and oxygen atoms in total. The SMILES string of the molecule is O=C1CC(NCCCn2ccnn2)CCCN1. The molecule has 0 aliphatic carbocycles. The number of carbonyl (C=O) groups is 1. The molecule has 2 N–H and O–H groups in total. The predicted octanol–water partition coefficient (Wildman–Crippen LogP) is -0.0735. The van der Waals surface area contributed by atoms with E-state index < -0.39 is 0 Å². The van der Waals surface area contributed by atoms with Crippen LogP contribution in [-0.4, -0.2) is 40.0 Å². The Bertz CT molecular complexity index is 338. The van der Waals surface area contributed by atoms with Gasteiger partial charge in [0.25, 0.3) is 0 Å². The molecule has 1 fully saturated rings.